The Kier molecular flexibility index (Phi) is 2.87. The van der Waals surface area contributed by atoms with Crippen LogP contribution in [0.3, 0.4) is 0 Å². The van der Waals surface area contributed by atoms with E-state index >= 15 is 0 Å². The summed E-state index contributed by atoms with van der Waals surface area (Å²) in [5.41, 5.74) is 10.6. The molecule has 2 nitrogen and oxygen atoms in total. The Balaban J connectivity index is 2.35. The number of nitrogens with two attached hydrogens (primary N) is 1. The molecule has 0 spiro atoms. The topological polar surface area (TPSA) is 30.9 Å². The van der Waals surface area contributed by atoms with Crippen molar-refractivity contribution in [3.63, 3.8) is 0 Å². The summed E-state index contributed by atoms with van der Waals surface area (Å²) in [5.74, 6) is 0.700. The summed E-state index contributed by atoms with van der Waals surface area (Å²) in [6, 6.07) is 2.36. The van der Waals surface area contributed by atoms with Gasteiger partial charge in [-0.3, -0.25) is 0 Å². The minimum Gasteiger partial charge on any atom is -0.349 e. The van der Waals surface area contributed by atoms with Crippen LogP contribution in [0.15, 0.2) is 6.07 Å². The van der Waals surface area contributed by atoms with Gasteiger partial charge in [-0.25, -0.2) is 0 Å². The van der Waals surface area contributed by atoms with Crippen LogP contribution in [0.1, 0.15) is 43.6 Å². The highest BCUT2D eigenvalue weighted by Crippen LogP contribution is 2.49. The molecular formula is C14H24N2. The Morgan fingerprint density at radius 3 is 2.44 bits per heavy atom. The van der Waals surface area contributed by atoms with Gasteiger partial charge in [0.25, 0.3) is 0 Å². The summed E-state index contributed by atoms with van der Waals surface area (Å²) in [5, 5.41) is 0. The van der Waals surface area contributed by atoms with Gasteiger partial charge in [0.15, 0.2) is 0 Å². The number of rotatable bonds is 4. The molecule has 1 fully saturated rings. The fraction of sp³-hybridized carbons (Fsp3) is 0.714. The van der Waals surface area contributed by atoms with E-state index in [1.807, 2.05) is 0 Å². The molecule has 0 radical (unpaired) electrons. The lowest BCUT2D eigenvalue weighted by molar-refractivity contribution is 0.506. The van der Waals surface area contributed by atoms with E-state index in [1.54, 1.807) is 0 Å². The minimum atomic E-state index is 0.330. The zero-order valence-corrected chi connectivity index (χ0v) is 11.0. The van der Waals surface area contributed by atoms with Gasteiger partial charge in [0.2, 0.25) is 0 Å². The van der Waals surface area contributed by atoms with Crippen molar-refractivity contribution in [2.75, 3.05) is 6.54 Å². The second-order valence-corrected chi connectivity index (χ2v) is 5.77. The fourth-order valence-electron chi connectivity index (χ4n) is 2.72. The predicted molar refractivity (Wildman–Crippen MR) is 68.7 cm³/mol. The van der Waals surface area contributed by atoms with Gasteiger partial charge in [0.05, 0.1) is 0 Å². The molecule has 16 heavy (non-hydrogen) atoms. The maximum Gasteiger partial charge on any atom is 0.0247 e. The largest absolute Gasteiger partial charge is 0.349 e. The van der Waals surface area contributed by atoms with Crippen molar-refractivity contribution in [3.8, 4) is 0 Å². The van der Waals surface area contributed by atoms with Crippen molar-refractivity contribution in [1.82, 2.24) is 4.57 Å². The van der Waals surface area contributed by atoms with Crippen LogP contribution in [-0.2, 0) is 12.0 Å². The van der Waals surface area contributed by atoms with Crippen LogP contribution in [0, 0.1) is 19.8 Å². The molecule has 1 heterocycles. The summed E-state index contributed by atoms with van der Waals surface area (Å²) in [6.07, 6.45) is 2.55. The van der Waals surface area contributed by atoms with E-state index in [0.717, 1.165) is 13.1 Å². The maximum atomic E-state index is 5.92. The van der Waals surface area contributed by atoms with Crippen LogP contribution >= 0.6 is 0 Å². The van der Waals surface area contributed by atoms with Crippen LogP contribution < -0.4 is 5.73 Å². The lowest BCUT2D eigenvalue weighted by Crippen LogP contribution is -2.20. The third kappa shape index (κ3) is 1.80. The Hall–Kier alpha value is -0.760. The van der Waals surface area contributed by atoms with Crippen LogP contribution in [-0.4, -0.2) is 11.1 Å². The molecule has 1 aliphatic carbocycles. The predicted octanol–water partition coefficient (Wildman–Crippen LogP) is 2.75. The van der Waals surface area contributed by atoms with Crippen molar-refractivity contribution < 1.29 is 0 Å². The van der Waals surface area contributed by atoms with Crippen molar-refractivity contribution in [2.24, 2.45) is 11.7 Å². The lowest BCUT2D eigenvalue weighted by Gasteiger charge is -2.15. The van der Waals surface area contributed by atoms with Gasteiger partial charge < -0.3 is 10.3 Å². The molecule has 1 aromatic heterocycles. The summed E-state index contributed by atoms with van der Waals surface area (Å²) < 4.78 is 2.45. The van der Waals surface area contributed by atoms with E-state index in [9.17, 15) is 0 Å². The number of aryl methyl sites for hydroxylation is 1. The normalized spacial score (nSPS) is 18.1. The number of hydrogen-bond donors (Lipinski definition) is 1. The smallest absolute Gasteiger partial charge is 0.0247 e. The van der Waals surface area contributed by atoms with E-state index < -0.39 is 0 Å². The molecule has 0 amide bonds. The first-order valence-electron chi connectivity index (χ1n) is 6.37. The second kappa shape index (κ2) is 3.92. The van der Waals surface area contributed by atoms with Crippen molar-refractivity contribution in [2.45, 2.75) is 52.5 Å². The van der Waals surface area contributed by atoms with Gasteiger partial charge in [-0.05, 0) is 44.2 Å². The first-order valence-corrected chi connectivity index (χ1v) is 6.37. The molecule has 1 aromatic rings. The van der Waals surface area contributed by atoms with Crippen molar-refractivity contribution >= 4 is 0 Å². The van der Waals surface area contributed by atoms with Gasteiger partial charge in [-0.2, -0.15) is 0 Å². The van der Waals surface area contributed by atoms with E-state index in [1.165, 1.54) is 29.8 Å². The van der Waals surface area contributed by atoms with Crippen LogP contribution in [0.2, 0.25) is 0 Å². The molecule has 0 unspecified atom stereocenters. The quantitative estimate of drug-likeness (QED) is 0.831. The lowest BCUT2D eigenvalue weighted by atomic mass is 9.96. The zero-order chi connectivity index (χ0) is 11.9. The van der Waals surface area contributed by atoms with Crippen LogP contribution in [0.4, 0.5) is 0 Å². The molecule has 0 bridgehead atoms. The van der Waals surface area contributed by atoms with Crippen LogP contribution in [0.25, 0.3) is 0 Å². The summed E-state index contributed by atoms with van der Waals surface area (Å²) in [7, 11) is 0. The monoisotopic (exact) mass is 220 g/mol. The Labute approximate surface area is 98.8 Å². The molecule has 0 atom stereocenters. The third-order valence-electron chi connectivity index (χ3n) is 3.94. The molecule has 1 aliphatic rings. The first kappa shape index (κ1) is 11.7. The Bertz CT molecular complexity index is 384. The van der Waals surface area contributed by atoms with Gasteiger partial charge in [0, 0.05) is 29.9 Å². The number of hydrogen-bond acceptors (Lipinski definition) is 1. The van der Waals surface area contributed by atoms with Crippen molar-refractivity contribution in [3.05, 3.63) is 23.0 Å². The van der Waals surface area contributed by atoms with E-state index in [2.05, 4.69) is 38.3 Å². The fourth-order valence-corrected chi connectivity index (χ4v) is 2.72. The highest BCUT2D eigenvalue weighted by Gasteiger charge is 2.44. The van der Waals surface area contributed by atoms with Gasteiger partial charge in [-0.15, -0.1) is 0 Å². The molecule has 90 valence electrons. The molecule has 0 aromatic carbocycles. The Morgan fingerprint density at radius 1 is 1.38 bits per heavy atom. The molecule has 2 N–H and O–H groups in total. The molecule has 2 rings (SSSR count). The van der Waals surface area contributed by atoms with Gasteiger partial charge in [0.1, 0.15) is 0 Å². The first-order chi connectivity index (χ1) is 7.50. The maximum absolute atomic E-state index is 5.92. The molecule has 2 heteroatoms. The molecule has 0 aliphatic heterocycles. The summed E-state index contributed by atoms with van der Waals surface area (Å²) in [4.78, 5) is 0. The van der Waals surface area contributed by atoms with E-state index in [4.69, 9.17) is 5.73 Å². The molecular weight excluding hydrogens is 196 g/mol. The standard InChI is InChI=1S/C14H24N2/c1-10(2)8-16-11(3)7-13(12(16)4)14(9-15)5-6-14/h7,10H,5-6,8-9,15H2,1-4H3. The van der Waals surface area contributed by atoms with Gasteiger partial charge in [-0.1, -0.05) is 13.8 Å². The van der Waals surface area contributed by atoms with E-state index in [0.29, 0.717) is 11.3 Å². The average molecular weight is 220 g/mol. The minimum absolute atomic E-state index is 0.330. The molecule has 1 saturated carbocycles. The summed E-state index contributed by atoms with van der Waals surface area (Å²) in [6.45, 7) is 10.9. The SMILES string of the molecule is Cc1cc(C2(CN)CC2)c(C)n1CC(C)C. The van der Waals surface area contributed by atoms with Crippen molar-refractivity contribution in [1.29, 1.82) is 0 Å². The third-order valence-corrected chi connectivity index (χ3v) is 3.94. The second-order valence-electron chi connectivity index (χ2n) is 5.77. The molecule has 0 saturated heterocycles. The van der Waals surface area contributed by atoms with E-state index in [-0.39, 0.29) is 0 Å². The number of aromatic nitrogens is 1. The number of nitrogens with zero attached hydrogens (tertiary/aromatic N) is 1. The highest BCUT2D eigenvalue weighted by atomic mass is 15.0. The van der Waals surface area contributed by atoms with Gasteiger partial charge >= 0.3 is 0 Å². The van der Waals surface area contributed by atoms with Crippen LogP contribution in [0.5, 0.6) is 0 Å². The zero-order valence-electron chi connectivity index (χ0n) is 11.0. The Morgan fingerprint density at radius 2 is 2.00 bits per heavy atom. The summed E-state index contributed by atoms with van der Waals surface area (Å²) >= 11 is 0. The highest BCUT2D eigenvalue weighted by molar-refractivity contribution is 5.39. The average Bonchev–Trinajstić information content (AvgIpc) is 2.97.